The van der Waals surface area contributed by atoms with Crippen LogP contribution in [0.3, 0.4) is 0 Å². The summed E-state index contributed by atoms with van der Waals surface area (Å²) in [6.07, 6.45) is -0.0932. The molecule has 1 heterocycles. The summed E-state index contributed by atoms with van der Waals surface area (Å²) in [7, 11) is 0. The normalized spacial score (nSPS) is 13.6. The fraction of sp³-hybridized carbons (Fsp3) is 0.250. The number of nitrogens with one attached hydrogen (secondary N) is 1. The topological polar surface area (TPSA) is 75.7 Å². The predicted molar refractivity (Wildman–Crippen MR) is 105 cm³/mol. The van der Waals surface area contributed by atoms with E-state index in [4.69, 9.17) is 4.74 Å². The number of rotatable bonds is 4. The number of ether oxygens (including phenoxy) is 1. The van der Waals surface area contributed by atoms with E-state index in [1.807, 2.05) is 19.1 Å². The van der Waals surface area contributed by atoms with Crippen LogP contribution in [0.25, 0.3) is 0 Å². The molecule has 27 heavy (non-hydrogen) atoms. The number of nitrogens with zero attached hydrogens (tertiary/aromatic N) is 1. The summed E-state index contributed by atoms with van der Waals surface area (Å²) >= 11 is 3.42. The molecule has 140 valence electrons. The van der Waals surface area contributed by atoms with E-state index in [-0.39, 0.29) is 24.8 Å². The summed E-state index contributed by atoms with van der Waals surface area (Å²) in [5, 5.41) is 2.85. The Morgan fingerprint density at radius 1 is 1.19 bits per heavy atom. The molecule has 0 aliphatic carbocycles. The van der Waals surface area contributed by atoms with E-state index in [0.29, 0.717) is 24.2 Å². The van der Waals surface area contributed by atoms with Gasteiger partial charge in [-0.25, -0.2) is 4.79 Å². The molecule has 1 saturated heterocycles. The third kappa shape index (κ3) is 4.74. The minimum absolute atomic E-state index is 0.0488. The monoisotopic (exact) mass is 430 g/mol. The van der Waals surface area contributed by atoms with Crippen molar-refractivity contribution in [3.8, 4) is 0 Å². The first-order valence-corrected chi connectivity index (χ1v) is 9.32. The van der Waals surface area contributed by atoms with Crippen molar-refractivity contribution in [1.29, 1.82) is 0 Å². The molecule has 1 N–H and O–H groups in total. The van der Waals surface area contributed by atoms with Crippen LogP contribution in [0, 0.1) is 6.92 Å². The average molecular weight is 431 g/mol. The van der Waals surface area contributed by atoms with Crippen LogP contribution in [-0.2, 0) is 16.1 Å². The largest absolute Gasteiger partial charge is 0.445 e. The van der Waals surface area contributed by atoms with Crippen molar-refractivity contribution in [2.75, 3.05) is 18.4 Å². The molecule has 2 aromatic carbocycles. The predicted octanol–water partition coefficient (Wildman–Crippen LogP) is 3.92. The molecular weight excluding hydrogens is 412 g/mol. The number of benzene rings is 2. The van der Waals surface area contributed by atoms with Gasteiger partial charge in [-0.05, 0) is 42.3 Å². The lowest BCUT2D eigenvalue weighted by atomic mass is 10.1. The highest BCUT2D eigenvalue weighted by Gasteiger charge is 2.24. The lowest BCUT2D eigenvalue weighted by Crippen LogP contribution is -2.29. The molecule has 1 aliphatic rings. The first-order valence-electron chi connectivity index (χ1n) is 8.53. The van der Waals surface area contributed by atoms with Crippen LogP contribution in [0.15, 0.2) is 46.9 Å². The molecule has 2 aromatic rings. The maximum atomic E-state index is 12.4. The van der Waals surface area contributed by atoms with E-state index in [9.17, 15) is 14.4 Å². The van der Waals surface area contributed by atoms with Crippen LogP contribution < -0.4 is 5.32 Å². The van der Waals surface area contributed by atoms with Gasteiger partial charge < -0.3 is 15.0 Å². The molecule has 2 amide bonds. The summed E-state index contributed by atoms with van der Waals surface area (Å²) in [6.45, 7) is 2.53. The van der Waals surface area contributed by atoms with Gasteiger partial charge in [0.25, 0.3) is 5.91 Å². The van der Waals surface area contributed by atoms with Crippen molar-refractivity contribution in [1.82, 2.24) is 4.90 Å². The van der Waals surface area contributed by atoms with E-state index in [0.717, 1.165) is 15.6 Å². The number of ketones is 1. The summed E-state index contributed by atoms with van der Waals surface area (Å²) in [6, 6.07) is 12.6. The van der Waals surface area contributed by atoms with E-state index in [2.05, 4.69) is 21.2 Å². The Bertz CT molecular complexity index is 880. The molecule has 1 aliphatic heterocycles. The van der Waals surface area contributed by atoms with E-state index >= 15 is 0 Å². The highest BCUT2D eigenvalue weighted by atomic mass is 79.9. The van der Waals surface area contributed by atoms with Crippen molar-refractivity contribution < 1.29 is 19.1 Å². The zero-order valence-corrected chi connectivity index (χ0v) is 16.4. The average Bonchev–Trinajstić information content (AvgIpc) is 3.09. The Balaban J connectivity index is 1.55. The third-order valence-electron chi connectivity index (χ3n) is 4.37. The quantitative estimate of drug-likeness (QED) is 0.797. The van der Waals surface area contributed by atoms with Gasteiger partial charge in [0.15, 0.2) is 5.78 Å². The molecule has 0 bridgehead atoms. The minimum Gasteiger partial charge on any atom is -0.445 e. The van der Waals surface area contributed by atoms with Gasteiger partial charge in [0.05, 0.1) is 6.54 Å². The lowest BCUT2D eigenvalue weighted by Gasteiger charge is -2.14. The van der Waals surface area contributed by atoms with Crippen LogP contribution in [0.2, 0.25) is 0 Å². The van der Waals surface area contributed by atoms with Gasteiger partial charge in [0, 0.05) is 28.7 Å². The van der Waals surface area contributed by atoms with E-state index < -0.39 is 6.09 Å². The fourth-order valence-electron chi connectivity index (χ4n) is 2.76. The Hall–Kier alpha value is -2.67. The molecule has 7 heteroatoms. The number of amides is 2. The van der Waals surface area contributed by atoms with Crippen LogP contribution in [0.4, 0.5) is 10.5 Å². The number of halogens is 1. The zero-order valence-electron chi connectivity index (χ0n) is 14.8. The number of anilines is 1. The molecule has 0 aromatic heterocycles. The molecule has 0 unspecified atom stereocenters. The van der Waals surface area contributed by atoms with Gasteiger partial charge in [-0.3, -0.25) is 9.59 Å². The number of Topliss-reactive ketones (excluding diaryl/α,β-unsaturated/α-hetero) is 1. The van der Waals surface area contributed by atoms with Crippen molar-refractivity contribution in [2.45, 2.75) is 20.0 Å². The number of likely N-dealkylation sites (tertiary alicyclic amines) is 1. The Morgan fingerprint density at radius 3 is 2.59 bits per heavy atom. The summed E-state index contributed by atoms with van der Waals surface area (Å²) < 4.78 is 6.10. The summed E-state index contributed by atoms with van der Waals surface area (Å²) in [4.78, 5) is 36.9. The Morgan fingerprint density at radius 2 is 1.93 bits per heavy atom. The first-order chi connectivity index (χ1) is 12.9. The maximum Gasteiger partial charge on any atom is 0.410 e. The lowest BCUT2D eigenvalue weighted by molar-refractivity contribution is -0.116. The highest BCUT2D eigenvalue weighted by Crippen LogP contribution is 2.21. The fourth-order valence-corrected chi connectivity index (χ4v) is 3.13. The van der Waals surface area contributed by atoms with Crippen LogP contribution in [0.5, 0.6) is 0 Å². The Kier molecular flexibility index (Phi) is 5.91. The smallest absolute Gasteiger partial charge is 0.410 e. The zero-order chi connectivity index (χ0) is 19.4. The second-order valence-electron chi connectivity index (χ2n) is 6.33. The molecule has 0 atom stereocenters. The van der Waals surface area contributed by atoms with Gasteiger partial charge in [-0.15, -0.1) is 0 Å². The molecule has 0 spiro atoms. The van der Waals surface area contributed by atoms with Gasteiger partial charge in [-0.2, -0.15) is 0 Å². The molecule has 1 fully saturated rings. The summed E-state index contributed by atoms with van der Waals surface area (Å²) in [5.41, 5.74) is 2.92. The molecule has 6 nitrogen and oxygen atoms in total. The van der Waals surface area contributed by atoms with Crippen molar-refractivity contribution in [3.05, 3.63) is 63.6 Å². The molecular formula is C20H19BrN2O4. The van der Waals surface area contributed by atoms with E-state index in [1.54, 1.807) is 30.3 Å². The number of carbonyl (C=O) groups excluding carboxylic acids is 3. The standard InChI is InChI=1S/C20H19BrN2O4/c1-13-17(3-2-4-18(13)21)19(25)22-15-7-5-14(6-8-15)12-27-20(26)23-10-9-16(24)11-23/h2-8H,9-12H2,1H3,(H,22,25). The van der Waals surface area contributed by atoms with Gasteiger partial charge in [0.1, 0.15) is 6.61 Å². The van der Waals surface area contributed by atoms with Gasteiger partial charge >= 0.3 is 6.09 Å². The third-order valence-corrected chi connectivity index (χ3v) is 5.23. The molecule has 3 rings (SSSR count). The van der Waals surface area contributed by atoms with Gasteiger partial charge in [-0.1, -0.05) is 34.1 Å². The Labute approximate surface area is 165 Å². The summed E-state index contributed by atoms with van der Waals surface area (Å²) in [5.74, 6) is -0.139. The minimum atomic E-state index is -0.483. The maximum absolute atomic E-state index is 12.4. The van der Waals surface area contributed by atoms with Crippen molar-refractivity contribution in [3.63, 3.8) is 0 Å². The number of hydrogen-bond acceptors (Lipinski definition) is 4. The van der Waals surface area contributed by atoms with Gasteiger partial charge in [0.2, 0.25) is 0 Å². The van der Waals surface area contributed by atoms with Crippen molar-refractivity contribution >= 4 is 39.4 Å². The number of hydrogen-bond donors (Lipinski definition) is 1. The second-order valence-corrected chi connectivity index (χ2v) is 7.18. The number of carbonyl (C=O) groups is 3. The van der Waals surface area contributed by atoms with E-state index in [1.165, 1.54) is 4.90 Å². The van der Waals surface area contributed by atoms with Crippen LogP contribution >= 0.6 is 15.9 Å². The molecule has 0 saturated carbocycles. The highest BCUT2D eigenvalue weighted by molar-refractivity contribution is 9.10. The van der Waals surface area contributed by atoms with Crippen molar-refractivity contribution in [2.24, 2.45) is 0 Å². The molecule has 0 radical (unpaired) electrons. The second kappa shape index (κ2) is 8.35. The first kappa shape index (κ1) is 19.1. The van der Waals surface area contributed by atoms with Crippen LogP contribution in [0.1, 0.15) is 27.9 Å². The van der Waals surface area contributed by atoms with Crippen LogP contribution in [-0.4, -0.2) is 35.8 Å². The SMILES string of the molecule is Cc1c(Br)cccc1C(=O)Nc1ccc(COC(=O)N2CCC(=O)C2)cc1.